The molecule has 3 heterocycles. The topological polar surface area (TPSA) is 7.76 Å². The van der Waals surface area contributed by atoms with Gasteiger partial charge in [-0.05, 0) is 31.2 Å². The first kappa shape index (κ1) is 11.8. The minimum Gasteiger partial charge on any atom is -0.186 e. The van der Waals surface area contributed by atoms with Crippen molar-refractivity contribution in [1.29, 1.82) is 0 Å². The molecule has 4 rings (SSSR count). The number of hydrogen-bond donors (Lipinski definition) is 0. The predicted molar refractivity (Wildman–Crippen MR) is 77.7 cm³/mol. The van der Waals surface area contributed by atoms with Crippen LogP contribution in [0.25, 0.3) is 21.8 Å². The first-order valence-corrected chi connectivity index (χ1v) is 6.65. The van der Waals surface area contributed by atoms with Crippen LogP contribution < -0.4 is 9.13 Å². The van der Waals surface area contributed by atoms with Crippen molar-refractivity contribution in [3.63, 3.8) is 0 Å². The van der Waals surface area contributed by atoms with Gasteiger partial charge in [0, 0.05) is 12.1 Å². The van der Waals surface area contributed by atoms with E-state index >= 15 is 0 Å². The molecule has 1 aliphatic rings. The summed E-state index contributed by atoms with van der Waals surface area (Å²) in [7, 11) is 0. The quantitative estimate of drug-likeness (QED) is 0.329. The Morgan fingerprint density at radius 2 is 1.32 bits per heavy atom. The normalized spacial score (nSPS) is 12.3. The Morgan fingerprint density at radius 1 is 0.895 bits per heavy atom. The van der Waals surface area contributed by atoms with Gasteiger partial charge in [-0.1, -0.05) is 6.08 Å². The van der Waals surface area contributed by atoms with Crippen molar-refractivity contribution >= 4 is 21.8 Å². The number of allylic oxidation sites excluding steroid dienone is 1. The van der Waals surface area contributed by atoms with Crippen LogP contribution in [0.15, 0.2) is 61.4 Å². The van der Waals surface area contributed by atoms with Gasteiger partial charge in [0.15, 0.2) is 12.4 Å². The van der Waals surface area contributed by atoms with Crippen LogP contribution in [0.3, 0.4) is 0 Å². The van der Waals surface area contributed by atoms with Crippen LogP contribution in [0.4, 0.5) is 0 Å². The first-order valence-electron chi connectivity index (χ1n) is 6.65. The maximum Gasteiger partial charge on any atom is 0.285 e. The summed E-state index contributed by atoms with van der Waals surface area (Å²) in [6, 6.07) is 13.1. The fraction of sp³-hybridized carbons (Fsp3) is 0.176. The molecule has 0 atom stereocenters. The lowest BCUT2D eigenvalue weighted by Gasteiger charge is -2.08. The van der Waals surface area contributed by atoms with Gasteiger partial charge in [0.2, 0.25) is 13.1 Å². The van der Waals surface area contributed by atoms with E-state index in [2.05, 4.69) is 64.5 Å². The van der Waals surface area contributed by atoms with Crippen LogP contribution in [-0.4, -0.2) is 0 Å². The van der Waals surface area contributed by atoms with Gasteiger partial charge in [-0.15, -0.1) is 6.58 Å². The predicted octanol–water partition coefficient (Wildman–Crippen LogP) is 2.77. The molecular formula is C17H18N2+2. The van der Waals surface area contributed by atoms with Gasteiger partial charge >= 0.3 is 0 Å². The van der Waals surface area contributed by atoms with E-state index in [1.54, 1.807) is 6.08 Å². The average molecular weight is 250 g/mol. The molecule has 94 valence electrons. The van der Waals surface area contributed by atoms with Crippen molar-refractivity contribution in [3.8, 4) is 0 Å². The fourth-order valence-corrected chi connectivity index (χ4v) is 2.72. The molecule has 0 fully saturated rings. The van der Waals surface area contributed by atoms with Gasteiger partial charge in [0.05, 0.1) is 10.8 Å². The number of hydrogen-bond acceptors (Lipinski definition) is 0. The molecule has 0 saturated carbocycles. The van der Waals surface area contributed by atoms with Crippen LogP contribution in [0.2, 0.25) is 0 Å². The van der Waals surface area contributed by atoms with E-state index in [4.69, 9.17) is 0 Å². The molecule has 0 bridgehead atoms. The lowest BCUT2D eigenvalue weighted by Crippen LogP contribution is -2.50. The van der Waals surface area contributed by atoms with Crippen molar-refractivity contribution in [2.75, 3.05) is 0 Å². The molecule has 2 aromatic heterocycles. The van der Waals surface area contributed by atoms with Gasteiger partial charge in [-0.3, -0.25) is 0 Å². The van der Waals surface area contributed by atoms with Crippen LogP contribution in [0.1, 0.15) is 6.92 Å². The zero-order valence-corrected chi connectivity index (χ0v) is 11.2. The zero-order chi connectivity index (χ0) is 13.2. The van der Waals surface area contributed by atoms with Gasteiger partial charge < -0.3 is 0 Å². The summed E-state index contributed by atoms with van der Waals surface area (Å²) in [5, 5.41) is 2.66. The molecule has 2 heteroatoms. The number of aromatic nitrogens is 2. The van der Waals surface area contributed by atoms with Crippen molar-refractivity contribution in [3.05, 3.63) is 61.4 Å². The summed E-state index contributed by atoms with van der Waals surface area (Å²) in [5.41, 5.74) is 2.73. The van der Waals surface area contributed by atoms with E-state index in [0.717, 1.165) is 13.1 Å². The average Bonchev–Trinajstić information content (AvgIpc) is 2.46. The molecule has 19 heavy (non-hydrogen) atoms. The summed E-state index contributed by atoms with van der Waals surface area (Å²) in [5.74, 6) is 0. The molecule has 0 saturated heterocycles. The summed E-state index contributed by atoms with van der Waals surface area (Å²) in [6.07, 6.45) is 6.11. The Morgan fingerprint density at radius 3 is 1.74 bits per heavy atom. The smallest absolute Gasteiger partial charge is 0.186 e. The number of aryl methyl sites for hydroxylation is 2. The van der Waals surface area contributed by atoms with Crippen LogP contribution in [0, 0.1) is 0 Å². The summed E-state index contributed by atoms with van der Waals surface area (Å²) < 4.78 is 4.72. The molecule has 1 aromatic carbocycles. The van der Waals surface area contributed by atoms with Crippen molar-refractivity contribution < 1.29 is 9.13 Å². The lowest BCUT2D eigenvalue weighted by atomic mass is 10.1. The molecule has 0 unspecified atom stereocenters. The number of pyridine rings is 2. The summed E-state index contributed by atoms with van der Waals surface area (Å²) >= 11 is 0. The van der Waals surface area contributed by atoms with Crippen molar-refractivity contribution in [2.24, 2.45) is 0 Å². The second-order valence-electron chi connectivity index (χ2n) is 4.75. The number of benzene rings is 1. The molecule has 0 radical (unpaired) electrons. The summed E-state index contributed by atoms with van der Waals surface area (Å²) in [4.78, 5) is 0. The Bertz CT molecular complexity index is 697. The lowest BCUT2D eigenvalue weighted by molar-refractivity contribution is -0.771. The third-order valence-corrected chi connectivity index (χ3v) is 3.45. The number of rotatable bonds is 0. The third kappa shape index (κ3) is 1.89. The van der Waals surface area contributed by atoms with Crippen molar-refractivity contribution in [2.45, 2.75) is 20.0 Å². The molecule has 0 aliphatic carbocycles. The van der Waals surface area contributed by atoms with Crippen LogP contribution >= 0.6 is 0 Å². The van der Waals surface area contributed by atoms with Gasteiger partial charge in [-0.25, -0.2) is 0 Å². The van der Waals surface area contributed by atoms with Gasteiger partial charge in [0.1, 0.15) is 0 Å². The van der Waals surface area contributed by atoms with Gasteiger partial charge in [-0.2, -0.15) is 9.13 Å². The monoisotopic (exact) mass is 250 g/mol. The highest BCUT2D eigenvalue weighted by Crippen LogP contribution is 2.20. The van der Waals surface area contributed by atoms with E-state index in [1.807, 2.05) is 6.92 Å². The Kier molecular flexibility index (Phi) is 3.00. The van der Waals surface area contributed by atoms with E-state index in [9.17, 15) is 0 Å². The highest BCUT2D eigenvalue weighted by Gasteiger charge is 2.26. The van der Waals surface area contributed by atoms with Gasteiger partial charge in [0.25, 0.3) is 11.0 Å². The Labute approximate surface area is 113 Å². The SMILES string of the molecule is C=CC.c1cc2ccc3ccc[n+]4c3c2[n+](c1)CC4. The highest BCUT2D eigenvalue weighted by atomic mass is 15.1. The van der Waals surface area contributed by atoms with Crippen LogP contribution in [-0.2, 0) is 13.1 Å². The molecule has 3 aromatic rings. The van der Waals surface area contributed by atoms with E-state index in [0.29, 0.717) is 0 Å². The fourth-order valence-electron chi connectivity index (χ4n) is 2.72. The molecule has 0 spiro atoms. The molecule has 1 aliphatic heterocycles. The minimum absolute atomic E-state index is 1.07. The molecular weight excluding hydrogens is 232 g/mol. The minimum atomic E-state index is 1.07. The maximum atomic E-state index is 3.36. The third-order valence-electron chi connectivity index (χ3n) is 3.45. The maximum absolute atomic E-state index is 3.36. The Hall–Kier alpha value is -2.22. The Balaban J connectivity index is 0.000000339. The van der Waals surface area contributed by atoms with E-state index < -0.39 is 0 Å². The van der Waals surface area contributed by atoms with Crippen molar-refractivity contribution in [1.82, 2.24) is 0 Å². The standard InChI is InChI=1S/C14H12N2.C3H6/c1-3-11-5-6-12-4-2-8-16-10-9-15(7-1)13(11)14(12)16;1-3-2/h1-8H,9-10H2;3H,1H2,2H3/q+2;. The van der Waals surface area contributed by atoms with Crippen LogP contribution in [0.5, 0.6) is 0 Å². The first-order chi connectivity index (χ1) is 9.35. The highest BCUT2D eigenvalue weighted by molar-refractivity contribution is 5.98. The second-order valence-corrected chi connectivity index (χ2v) is 4.75. The number of nitrogens with zero attached hydrogens (tertiary/aromatic N) is 2. The summed E-state index contributed by atoms with van der Waals surface area (Å²) in [6.45, 7) is 7.39. The second kappa shape index (κ2) is 4.81. The van der Waals surface area contributed by atoms with E-state index in [1.165, 1.54) is 21.8 Å². The zero-order valence-electron chi connectivity index (χ0n) is 11.2. The largest absolute Gasteiger partial charge is 0.285 e. The molecule has 2 nitrogen and oxygen atoms in total. The molecule has 0 N–H and O–H groups in total. The molecule has 0 amide bonds. The van der Waals surface area contributed by atoms with E-state index in [-0.39, 0.29) is 0 Å².